The van der Waals surface area contributed by atoms with E-state index in [0.29, 0.717) is 32.7 Å². The second-order valence-corrected chi connectivity index (χ2v) is 12.3. The highest BCUT2D eigenvalue weighted by atomic mass is 32.2. The van der Waals surface area contributed by atoms with Crippen molar-refractivity contribution in [3.63, 3.8) is 0 Å². The third-order valence-corrected chi connectivity index (χ3v) is 10.4. The van der Waals surface area contributed by atoms with E-state index in [1.54, 1.807) is 7.11 Å². The summed E-state index contributed by atoms with van der Waals surface area (Å²) in [5.74, 6) is 0.778. The molecule has 0 unspecified atom stereocenters. The zero-order chi connectivity index (χ0) is 23.6. The molecule has 0 aliphatic carbocycles. The maximum atomic E-state index is 13.2. The van der Waals surface area contributed by atoms with Crippen LogP contribution in [0.2, 0.25) is 0 Å². The van der Waals surface area contributed by atoms with Crippen LogP contribution in [-0.4, -0.2) is 71.3 Å². The zero-order valence-electron chi connectivity index (χ0n) is 19.1. The standard InChI is InChI=1S/C23H31N3O5S2/c1-19-5-3-4-14-26(19)33(29,30)23-12-10-22(11-13-23)32(27,28)25-17-15-24(16-18-25)20-6-8-21(31-2)9-7-20/h6-13,19H,3-5,14-18H2,1-2H3/t19-/m1/s1. The third kappa shape index (κ3) is 4.89. The molecule has 0 radical (unpaired) electrons. The van der Waals surface area contributed by atoms with Gasteiger partial charge in [-0.25, -0.2) is 16.8 Å². The van der Waals surface area contributed by atoms with Crippen molar-refractivity contribution in [2.75, 3.05) is 44.7 Å². The number of benzene rings is 2. The second-order valence-electron chi connectivity index (χ2n) is 8.52. The van der Waals surface area contributed by atoms with E-state index < -0.39 is 20.0 Å². The minimum absolute atomic E-state index is 0.0471. The van der Waals surface area contributed by atoms with Gasteiger partial charge in [0.15, 0.2) is 0 Å². The van der Waals surface area contributed by atoms with E-state index in [9.17, 15) is 16.8 Å². The van der Waals surface area contributed by atoms with E-state index in [1.165, 1.54) is 32.9 Å². The summed E-state index contributed by atoms with van der Waals surface area (Å²) in [6.07, 6.45) is 2.71. The highest BCUT2D eigenvalue weighted by Gasteiger charge is 2.32. The van der Waals surface area contributed by atoms with Crippen molar-refractivity contribution in [3.05, 3.63) is 48.5 Å². The van der Waals surface area contributed by atoms with Crippen molar-refractivity contribution in [1.82, 2.24) is 8.61 Å². The number of sulfonamides is 2. The molecule has 2 aliphatic heterocycles. The Morgan fingerprint density at radius 1 is 0.758 bits per heavy atom. The van der Waals surface area contributed by atoms with Gasteiger partial charge in [-0.3, -0.25) is 0 Å². The van der Waals surface area contributed by atoms with Crippen molar-refractivity contribution in [2.45, 2.75) is 42.0 Å². The molecule has 0 N–H and O–H groups in total. The molecule has 2 aromatic carbocycles. The van der Waals surface area contributed by atoms with Crippen molar-refractivity contribution >= 4 is 25.7 Å². The first-order valence-corrected chi connectivity index (χ1v) is 14.1. The van der Waals surface area contributed by atoms with Gasteiger partial charge in [0.1, 0.15) is 5.75 Å². The number of ether oxygens (including phenoxy) is 1. The Morgan fingerprint density at radius 3 is 1.88 bits per heavy atom. The molecule has 0 bridgehead atoms. The van der Waals surface area contributed by atoms with Crippen LogP contribution in [0.5, 0.6) is 5.75 Å². The second kappa shape index (κ2) is 9.61. The van der Waals surface area contributed by atoms with E-state index in [-0.39, 0.29) is 15.8 Å². The Bertz CT molecular complexity index is 1160. The summed E-state index contributed by atoms with van der Waals surface area (Å²) in [4.78, 5) is 2.39. The Balaban J connectivity index is 1.44. The maximum absolute atomic E-state index is 13.2. The van der Waals surface area contributed by atoms with Gasteiger partial charge in [-0.05, 0) is 68.3 Å². The first-order chi connectivity index (χ1) is 15.7. The van der Waals surface area contributed by atoms with Gasteiger partial charge in [-0.15, -0.1) is 0 Å². The number of methoxy groups -OCH3 is 1. The zero-order valence-corrected chi connectivity index (χ0v) is 20.7. The number of anilines is 1. The quantitative estimate of drug-likeness (QED) is 0.615. The molecule has 0 spiro atoms. The number of hydrogen-bond donors (Lipinski definition) is 0. The van der Waals surface area contributed by atoms with Crippen LogP contribution in [-0.2, 0) is 20.0 Å². The highest BCUT2D eigenvalue weighted by molar-refractivity contribution is 7.89. The molecule has 2 saturated heterocycles. The van der Waals surface area contributed by atoms with Crippen LogP contribution in [0, 0.1) is 0 Å². The Labute approximate surface area is 196 Å². The largest absolute Gasteiger partial charge is 0.497 e. The molecule has 2 heterocycles. The van der Waals surface area contributed by atoms with E-state index in [1.807, 2.05) is 31.2 Å². The van der Waals surface area contributed by atoms with Gasteiger partial charge < -0.3 is 9.64 Å². The topological polar surface area (TPSA) is 87.2 Å². The molecule has 180 valence electrons. The number of nitrogens with zero attached hydrogens (tertiary/aromatic N) is 3. The minimum Gasteiger partial charge on any atom is -0.497 e. The van der Waals surface area contributed by atoms with Crippen LogP contribution in [0.15, 0.2) is 58.3 Å². The molecule has 0 amide bonds. The molecular formula is C23H31N3O5S2. The molecule has 0 aromatic heterocycles. The van der Waals surface area contributed by atoms with E-state index in [4.69, 9.17) is 4.74 Å². The lowest BCUT2D eigenvalue weighted by molar-refractivity contribution is 0.268. The smallest absolute Gasteiger partial charge is 0.243 e. The van der Waals surface area contributed by atoms with Crippen LogP contribution in [0.3, 0.4) is 0 Å². The lowest BCUT2D eigenvalue weighted by Crippen LogP contribution is -2.48. The average molecular weight is 494 g/mol. The summed E-state index contributed by atoms with van der Waals surface area (Å²) in [6.45, 7) is 4.29. The summed E-state index contributed by atoms with van der Waals surface area (Å²) in [7, 11) is -5.71. The van der Waals surface area contributed by atoms with Crippen LogP contribution < -0.4 is 9.64 Å². The molecule has 4 rings (SSSR count). The van der Waals surface area contributed by atoms with Gasteiger partial charge >= 0.3 is 0 Å². The van der Waals surface area contributed by atoms with Crippen molar-refractivity contribution in [2.24, 2.45) is 0 Å². The van der Waals surface area contributed by atoms with Crippen molar-refractivity contribution in [3.8, 4) is 5.75 Å². The molecule has 2 aliphatic rings. The van der Waals surface area contributed by atoms with Crippen LogP contribution in [0.25, 0.3) is 0 Å². The summed E-state index contributed by atoms with van der Waals surface area (Å²) in [5, 5.41) is 0. The van der Waals surface area contributed by atoms with Crippen molar-refractivity contribution in [1.29, 1.82) is 0 Å². The fraction of sp³-hybridized carbons (Fsp3) is 0.478. The van der Waals surface area contributed by atoms with Crippen LogP contribution in [0.4, 0.5) is 5.69 Å². The Morgan fingerprint density at radius 2 is 1.33 bits per heavy atom. The van der Waals surface area contributed by atoms with E-state index >= 15 is 0 Å². The Hall–Kier alpha value is -2.14. The molecule has 1 atom stereocenters. The fourth-order valence-electron chi connectivity index (χ4n) is 4.48. The molecule has 2 fully saturated rings. The van der Waals surface area contributed by atoms with E-state index in [2.05, 4.69) is 4.90 Å². The molecule has 8 nitrogen and oxygen atoms in total. The number of piperazine rings is 1. The van der Waals surface area contributed by atoms with Crippen LogP contribution >= 0.6 is 0 Å². The summed E-state index contributed by atoms with van der Waals surface area (Å²) in [5.41, 5.74) is 1.02. The monoisotopic (exact) mass is 493 g/mol. The summed E-state index contributed by atoms with van der Waals surface area (Å²) < 4.78 is 60.5. The molecule has 33 heavy (non-hydrogen) atoms. The molecule has 10 heteroatoms. The van der Waals surface area contributed by atoms with Crippen LogP contribution in [0.1, 0.15) is 26.2 Å². The summed E-state index contributed by atoms with van der Waals surface area (Å²) in [6, 6.07) is 13.3. The van der Waals surface area contributed by atoms with Gasteiger partial charge in [0.05, 0.1) is 16.9 Å². The molecular weight excluding hydrogens is 462 g/mol. The van der Waals surface area contributed by atoms with Gasteiger partial charge in [-0.1, -0.05) is 6.42 Å². The highest BCUT2D eigenvalue weighted by Crippen LogP contribution is 2.27. The van der Waals surface area contributed by atoms with Gasteiger partial charge in [0, 0.05) is 44.5 Å². The predicted molar refractivity (Wildman–Crippen MR) is 128 cm³/mol. The summed E-state index contributed by atoms with van der Waals surface area (Å²) >= 11 is 0. The molecule has 2 aromatic rings. The first-order valence-electron chi connectivity index (χ1n) is 11.2. The molecule has 0 saturated carbocycles. The minimum atomic E-state index is -3.70. The fourth-order valence-corrected chi connectivity index (χ4v) is 7.60. The van der Waals surface area contributed by atoms with Crippen molar-refractivity contribution < 1.29 is 21.6 Å². The SMILES string of the molecule is COc1ccc(N2CCN(S(=O)(=O)c3ccc(S(=O)(=O)N4CCCC[C@H]4C)cc3)CC2)cc1. The predicted octanol–water partition coefficient (Wildman–Crippen LogP) is 2.77. The average Bonchev–Trinajstić information content (AvgIpc) is 2.84. The third-order valence-electron chi connectivity index (χ3n) is 6.49. The lowest BCUT2D eigenvalue weighted by atomic mass is 10.1. The maximum Gasteiger partial charge on any atom is 0.243 e. The Kier molecular flexibility index (Phi) is 6.99. The first kappa shape index (κ1) is 24.0. The number of piperidine rings is 1. The van der Waals surface area contributed by atoms with Gasteiger partial charge in [0.2, 0.25) is 20.0 Å². The van der Waals surface area contributed by atoms with E-state index in [0.717, 1.165) is 30.7 Å². The van der Waals surface area contributed by atoms with Gasteiger partial charge in [-0.2, -0.15) is 8.61 Å². The van der Waals surface area contributed by atoms with Gasteiger partial charge in [0.25, 0.3) is 0 Å². The number of rotatable bonds is 6. The number of hydrogen-bond acceptors (Lipinski definition) is 6. The normalized spacial score (nSPS) is 21.2. The lowest BCUT2D eigenvalue weighted by Gasteiger charge is -2.35.